The predicted octanol–water partition coefficient (Wildman–Crippen LogP) is 2.46. The monoisotopic (exact) mass is 370 g/mol. The summed E-state index contributed by atoms with van der Waals surface area (Å²) < 4.78 is 6.00. The van der Waals surface area contributed by atoms with Gasteiger partial charge < -0.3 is 20.1 Å². The van der Waals surface area contributed by atoms with E-state index in [0.29, 0.717) is 32.5 Å². The number of carboxylic acid groups (broad SMARTS) is 1. The van der Waals surface area contributed by atoms with E-state index in [9.17, 15) is 9.59 Å². The first-order chi connectivity index (χ1) is 10.5. The van der Waals surface area contributed by atoms with Crippen molar-refractivity contribution in [1.29, 1.82) is 0 Å². The normalized spacial score (nSPS) is 15.5. The lowest BCUT2D eigenvalue weighted by molar-refractivity contribution is -0.143. The second-order valence-corrected chi connectivity index (χ2v) is 6.08. The molecule has 0 aromatic heterocycles. The number of urea groups is 1. The van der Waals surface area contributed by atoms with Gasteiger partial charge in [0, 0.05) is 19.6 Å². The van der Waals surface area contributed by atoms with E-state index in [1.54, 1.807) is 12.0 Å². The van der Waals surface area contributed by atoms with Gasteiger partial charge in [0.2, 0.25) is 0 Å². The Kier molecular flexibility index (Phi) is 5.65. The van der Waals surface area contributed by atoms with E-state index in [-0.39, 0.29) is 11.9 Å². The molecule has 0 radical (unpaired) electrons. The van der Waals surface area contributed by atoms with Gasteiger partial charge in [-0.05, 0) is 46.5 Å². The molecular weight excluding hydrogens is 352 g/mol. The molecule has 6 nitrogen and oxygen atoms in total. The highest BCUT2D eigenvalue weighted by molar-refractivity contribution is 9.10. The van der Waals surface area contributed by atoms with Gasteiger partial charge in [0.25, 0.3) is 0 Å². The van der Waals surface area contributed by atoms with Crippen molar-refractivity contribution in [3.05, 3.63) is 28.2 Å². The second kappa shape index (κ2) is 7.49. The number of amides is 2. The molecule has 1 aromatic carbocycles. The van der Waals surface area contributed by atoms with E-state index in [2.05, 4.69) is 21.2 Å². The number of aliphatic carboxylic acids is 1. The zero-order valence-electron chi connectivity index (χ0n) is 12.3. The van der Waals surface area contributed by atoms with Crippen molar-refractivity contribution in [2.24, 2.45) is 5.92 Å². The largest absolute Gasteiger partial charge is 0.496 e. The number of methoxy groups -OCH3 is 1. The van der Waals surface area contributed by atoms with Gasteiger partial charge in [-0.15, -0.1) is 0 Å². The van der Waals surface area contributed by atoms with Crippen LogP contribution in [0.25, 0.3) is 0 Å². The van der Waals surface area contributed by atoms with Crippen molar-refractivity contribution in [3.8, 4) is 5.75 Å². The Labute approximate surface area is 137 Å². The van der Waals surface area contributed by atoms with Gasteiger partial charge in [-0.2, -0.15) is 0 Å². The Morgan fingerprint density at radius 2 is 2.09 bits per heavy atom. The summed E-state index contributed by atoms with van der Waals surface area (Å²) in [5.41, 5.74) is 0.960. The van der Waals surface area contributed by atoms with Crippen molar-refractivity contribution >= 4 is 27.9 Å². The van der Waals surface area contributed by atoms with Gasteiger partial charge in [0.15, 0.2) is 0 Å². The quantitative estimate of drug-likeness (QED) is 0.852. The second-order valence-electron chi connectivity index (χ2n) is 5.23. The molecule has 0 spiro atoms. The van der Waals surface area contributed by atoms with Crippen molar-refractivity contribution < 1.29 is 19.4 Å². The molecule has 0 atom stereocenters. The molecule has 1 aliphatic heterocycles. The van der Waals surface area contributed by atoms with Crippen molar-refractivity contribution in [2.45, 2.75) is 19.4 Å². The minimum Gasteiger partial charge on any atom is -0.496 e. The number of rotatable bonds is 4. The SMILES string of the molecule is COc1ccc(CNC(=O)N2CCC(C(=O)O)CC2)cc1Br. The summed E-state index contributed by atoms with van der Waals surface area (Å²) in [6.07, 6.45) is 1.02. The fraction of sp³-hybridized carbons (Fsp3) is 0.467. The molecule has 2 rings (SSSR count). The summed E-state index contributed by atoms with van der Waals surface area (Å²) in [5.74, 6) is -0.365. The minimum absolute atomic E-state index is 0.157. The smallest absolute Gasteiger partial charge is 0.317 e. The first kappa shape index (κ1) is 16.6. The lowest BCUT2D eigenvalue weighted by Gasteiger charge is -2.30. The number of piperidine rings is 1. The van der Waals surface area contributed by atoms with E-state index >= 15 is 0 Å². The summed E-state index contributed by atoms with van der Waals surface area (Å²) in [5, 5.41) is 11.8. The van der Waals surface area contributed by atoms with Crippen LogP contribution in [0.4, 0.5) is 4.79 Å². The fourth-order valence-corrected chi connectivity index (χ4v) is 3.03. The van der Waals surface area contributed by atoms with Crippen molar-refractivity contribution in [2.75, 3.05) is 20.2 Å². The number of carbonyl (C=O) groups is 2. The van der Waals surface area contributed by atoms with Crippen LogP contribution in [0.1, 0.15) is 18.4 Å². The van der Waals surface area contributed by atoms with Crippen LogP contribution in [0.15, 0.2) is 22.7 Å². The first-order valence-electron chi connectivity index (χ1n) is 7.09. The first-order valence-corrected chi connectivity index (χ1v) is 7.88. The highest BCUT2D eigenvalue weighted by Gasteiger charge is 2.26. The Balaban J connectivity index is 1.83. The van der Waals surface area contributed by atoms with Gasteiger partial charge in [0.05, 0.1) is 17.5 Å². The Hall–Kier alpha value is -1.76. The molecule has 0 saturated carbocycles. The molecule has 1 saturated heterocycles. The minimum atomic E-state index is -0.775. The van der Waals surface area contributed by atoms with Crippen LogP contribution in [0.5, 0.6) is 5.75 Å². The summed E-state index contributed by atoms with van der Waals surface area (Å²) in [4.78, 5) is 24.6. The topological polar surface area (TPSA) is 78.9 Å². The lowest BCUT2D eigenvalue weighted by atomic mass is 9.97. The van der Waals surface area contributed by atoms with Gasteiger partial charge in [0.1, 0.15) is 5.75 Å². The summed E-state index contributed by atoms with van der Waals surface area (Å²) >= 11 is 3.41. The van der Waals surface area contributed by atoms with Crippen LogP contribution in [-0.4, -0.2) is 42.2 Å². The molecule has 1 aliphatic rings. The third-order valence-electron chi connectivity index (χ3n) is 3.79. The third-order valence-corrected chi connectivity index (χ3v) is 4.41. The standard InChI is InChI=1S/C15H19BrN2O4/c1-22-13-3-2-10(8-12(13)16)9-17-15(21)18-6-4-11(5-7-18)14(19)20/h2-3,8,11H,4-7,9H2,1H3,(H,17,21)(H,19,20). The average Bonchev–Trinajstić information content (AvgIpc) is 2.52. The van der Waals surface area contributed by atoms with Gasteiger partial charge >= 0.3 is 12.0 Å². The summed E-state index contributed by atoms with van der Waals surface area (Å²) in [6.45, 7) is 1.38. The molecule has 7 heteroatoms. The van der Waals surface area contributed by atoms with Crippen LogP contribution in [0.3, 0.4) is 0 Å². The Morgan fingerprint density at radius 1 is 1.41 bits per heavy atom. The zero-order valence-corrected chi connectivity index (χ0v) is 13.9. The van der Waals surface area contributed by atoms with Crippen LogP contribution >= 0.6 is 15.9 Å². The molecule has 1 aromatic rings. The number of nitrogens with zero attached hydrogens (tertiary/aromatic N) is 1. The highest BCUT2D eigenvalue weighted by Crippen LogP contribution is 2.25. The maximum absolute atomic E-state index is 12.1. The molecule has 1 fully saturated rings. The van der Waals surface area contributed by atoms with Gasteiger partial charge in [-0.3, -0.25) is 4.79 Å². The fourth-order valence-electron chi connectivity index (χ4n) is 2.44. The number of halogens is 1. The summed E-state index contributed by atoms with van der Waals surface area (Å²) in [6, 6.07) is 5.47. The number of carboxylic acids is 1. The number of nitrogens with one attached hydrogen (secondary N) is 1. The van der Waals surface area contributed by atoms with Crippen LogP contribution < -0.4 is 10.1 Å². The number of likely N-dealkylation sites (tertiary alicyclic amines) is 1. The average molecular weight is 371 g/mol. The molecule has 0 aliphatic carbocycles. The van der Waals surface area contributed by atoms with E-state index in [1.165, 1.54) is 0 Å². The number of ether oxygens (including phenoxy) is 1. The molecule has 2 N–H and O–H groups in total. The molecule has 2 amide bonds. The number of carbonyl (C=O) groups excluding carboxylic acids is 1. The zero-order chi connectivity index (χ0) is 16.1. The van der Waals surface area contributed by atoms with Crippen LogP contribution in [0.2, 0.25) is 0 Å². The van der Waals surface area contributed by atoms with Gasteiger partial charge in [-0.1, -0.05) is 6.07 Å². The van der Waals surface area contributed by atoms with Gasteiger partial charge in [-0.25, -0.2) is 4.79 Å². The number of benzene rings is 1. The summed E-state index contributed by atoms with van der Waals surface area (Å²) in [7, 11) is 1.60. The Morgan fingerprint density at radius 3 is 2.64 bits per heavy atom. The molecular formula is C15H19BrN2O4. The van der Waals surface area contributed by atoms with E-state index < -0.39 is 5.97 Å². The van der Waals surface area contributed by atoms with Crippen LogP contribution in [-0.2, 0) is 11.3 Å². The van der Waals surface area contributed by atoms with E-state index in [0.717, 1.165) is 15.8 Å². The maximum atomic E-state index is 12.1. The molecule has 0 bridgehead atoms. The number of hydrogen-bond acceptors (Lipinski definition) is 3. The van der Waals surface area contributed by atoms with Crippen molar-refractivity contribution in [1.82, 2.24) is 10.2 Å². The predicted molar refractivity (Wildman–Crippen MR) is 84.9 cm³/mol. The van der Waals surface area contributed by atoms with Crippen LogP contribution in [0, 0.1) is 5.92 Å². The lowest BCUT2D eigenvalue weighted by Crippen LogP contribution is -2.45. The molecule has 120 valence electrons. The number of hydrogen-bond donors (Lipinski definition) is 2. The van der Waals surface area contributed by atoms with E-state index in [1.807, 2.05) is 18.2 Å². The molecule has 22 heavy (non-hydrogen) atoms. The third kappa shape index (κ3) is 4.13. The Bertz CT molecular complexity index is 556. The highest BCUT2D eigenvalue weighted by atomic mass is 79.9. The molecule has 1 heterocycles. The van der Waals surface area contributed by atoms with Crippen molar-refractivity contribution in [3.63, 3.8) is 0 Å². The maximum Gasteiger partial charge on any atom is 0.317 e. The molecule has 0 unspecified atom stereocenters. The van der Waals surface area contributed by atoms with E-state index in [4.69, 9.17) is 9.84 Å².